The van der Waals surface area contributed by atoms with E-state index in [4.69, 9.17) is 26.1 Å². The monoisotopic (exact) mass is 624 g/mol. The lowest BCUT2D eigenvalue weighted by atomic mass is 9.88. The van der Waals surface area contributed by atoms with Gasteiger partial charge in [0.2, 0.25) is 0 Å². The molecule has 3 aromatic carbocycles. The van der Waals surface area contributed by atoms with Crippen LogP contribution in [-0.4, -0.2) is 27.9 Å². The highest BCUT2D eigenvalue weighted by Gasteiger charge is 2.23. The number of nitro groups is 1. The Morgan fingerprint density at radius 2 is 1.98 bits per heavy atom. The molecule has 206 valence electrons. The summed E-state index contributed by atoms with van der Waals surface area (Å²) < 4.78 is 13.7. The summed E-state index contributed by atoms with van der Waals surface area (Å²) in [5, 5.41) is 16.7. The first kappa shape index (κ1) is 27.8. The number of nitrogens with zero attached hydrogens (tertiary/aromatic N) is 4. The molecule has 0 radical (unpaired) electrons. The summed E-state index contributed by atoms with van der Waals surface area (Å²) >= 11 is 9.82. The predicted molar refractivity (Wildman–Crippen MR) is 158 cm³/mol. The molecule has 0 amide bonds. The quantitative estimate of drug-likeness (QED) is 0.116. The van der Waals surface area contributed by atoms with Gasteiger partial charge in [-0.2, -0.15) is 9.78 Å². The van der Waals surface area contributed by atoms with E-state index in [9.17, 15) is 14.9 Å². The summed E-state index contributed by atoms with van der Waals surface area (Å²) in [7, 11) is 1.49. The number of methoxy groups -OCH3 is 1. The first-order valence-electron chi connectivity index (χ1n) is 12.8. The molecule has 5 rings (SSSR count). The van der Waals surface area contributed by atoms with Gasteiger partial charge in [-0.3, -0.25) is 14.9 Å². The predicted octanol–water partition coefficient (Wildman–Crippen LogP) is 7.24. The average Bonchev–Trinajstić information content (AvgIpc) is 2.96. The van der Waals surface area contributed by atoms with Crippen LogP contribution in [0.4, 0.5) is 5.69 Å². The lowest BCUT2D eigenvalue weighted by Crippen LogP contribution is -2.25. The molecule has 40 heavy (non-hydrogen) atoms. The fourth-order valence-electron chi connectivity index (χ4n) is 4.93. The largest absolute Gasteiger partial charge is 0.493 e. The highest BCUT2D eigenvalue weighted by Crippen LogP contribution is 2.35. The SMILES string of the molecule is COc1cc(Cl)cc(C=Nn2c(C3CCCCC3)nc3ccc(Br)cc3c2=O)c1OCc1cccc([N+](=O)[O-])c1. The molecule has 1 aliphatic rings. The van der Waals surface area contributed by atoms with Gasteiger partial charge in [0.05, 0.1) is 29.2 Å². The topological polar surface area (TPSA) is 109 Å². The molecule has 9 nitrogen and oxygen atoms in total. The number of benzene rings is 3. The lowest BCUT2D eigenvalue weighted by molar-refractivity contribution is -0.384. The van der Waals surface area contributed by atoms with Crippen molar-refractivity contribution in [2.75, 3.05) is 7.11 Å². The maximum Gasteiger partial charge on any atom is 0.282 e. The van der Waals surface area contributed by atoms with Gasteiger partial charge >= 0.3 is 0 Å². The van der Waals surface area contributed by atoms with Gasteiger partial charge in [0.15, 0.2) is 11.5 Å². The van der Waals surface area contributed by atoms with E-state index in [-0.39, 0.29) is 23.8 Å². The number of rotatable bonds is 8. The van der Waals surface area contributed by atoms with Crippen LogP contribution in [0.3, 0.4) is 0 Å². The molecule has 1 saturated carbocycles. The molecular weight excluding hydrogens is 600 g/mol. The Hall–Kier alpha value is -3.76. The van der Waals surface area contributed by atoms with Crippen LogP contribution in [0.25, 0.3) is 10.9 Å². The second kappa shape index (κ2) is 12.2. The van der Waals surface area contributed by atoms with Crippen LogP contribution in [0.15, 0.2) is 69.0 Å². The fourth-order valence-corrected chi connectivity index (χ4v) is 5.51. The summed E-state index contributed by atoms with van der Waals surface area (Å²) in [6.07, 6.45) is 6.70. The summed E-state index contributed by atoms with van der Waals surface area (Å²) in [5.74, 6) is 1.44. The van der Waals surface area contributed by atoms with Crippen LogP contribution >= 0.6 is 27.5 Å². The minimum absolute atomic E-state index is 0.0315. The number of halogens is 2. The second-order valence-electron chi connectivity index (χ2n) is 9.57. The van der Waals surface area contributed by atoms with Crippen molar-refractivity contribution in [2.45, 2.75) is 44.6 Å². The van der Waals surface area contributed by atoms with E-state index in [0.29, 0.717) is 44.4 Å². The van der Waals surface area contributed by atoms with Crippen molar-refractivity contribution in [3.8, 4) is 11.5 Å². The Bertz CT molecular complexity index is 1670. The molecule has 0 atom stereocenters. The number of ether oxygens (including phenoxy) is 2. The summed E-state index contributed by atoms with van der Waals surface area (Å²) in [6.45, 7) is 0.0410. The van der Waals surface area contributed by atoms with Crippen LogP contribution in [0.2, 0.25) is 5.02 Å². The van der Waals surface area contributed by atoms with Crippen molar-refractivity contribution in [1.29, 1.82) is 0 Å². The van der Waals surface area contributed by atoms with E-state index >= 15 is 0 Å². The maximum absolute atomic E-state index is 13.7. The molecule has 4 aromatic rings. The molecule has 11 heteroatoms. The van der Waals surface area contributed by atoms with Crippen molar-refractivity contribution in [3.05, 3.63) is 102 Å². The molecule has 0 aliphatic heterocycles. The third kappa shape index (κ3) is 6.03. The molecule has 1 fully saturated rings. The number of nitro benzene ring substituents is 1. The molecule has 0 N–H and O–H groups in total. The third-order valence-electron chi connectivity index (χ3n) is 6.89. The van der Waals surface area contributed by atoms with Crippen LogP contribution < -0.4 is 15.0 Å². The average molecular weight is 626 g/mol. The minimum atomic E-state index is -0.456. The van der Waals surface area contributed by atoms with E-state index in [1.807, 2.05) is 12.1 Å². The van der Waals surface area contributed by atoms with E-state index in [2.05, 4.69) is 21.0 Å². The third-order valence-corrected chi connectivity index (χ3v) is 7.60. The molecular formula is C29H26BrClN4O5. The fraction of sp³-hybridized carbons (Fsp3) is 0.276. The Balaban J connectivity index is 1.57. The Labute approximate surface area is 243 Å². The van der Waals surface area contributed by atoms with Crippen LogP contribution in [0.1, 0.15) is 55.0 Å². The zero-order valence-corrected chi connectivity index (χ0v) is 24.0. The smallest absolute Gasteiger partial charge is 0.282 e. The van der Waals surface area contributed by atoms with Gasteiger partial charge in [-0.1, -0.05) is 58.9 Å². The first-order chi connectivity index (χ1) is 19.3. The Kier molecular flexibility index (Phi) is 8.46. The van der Waals surface area contributed by atoms with Crippen molar-refractivity contribution in [2.24, 2.45) is 5.10 Å². The Morgan fingerprint density at radius 3 is 2.73 bits per heavy atom. The molecule has 1 aliphatic carbocycles. The van der Waals surface area contributed by atoms with Gasteiger partial charge in [-0.15, -0.1) is 0 Å². The zero-order valence-electron chi connectivity index (χ0n) is 21.7. The van der Waals surface area contributed by atoms with Crippen LogP contribution in [0, 0.1) is 10.1 Å². The minimum Gasteiger partial charge on any atom is -0.493 e. The highest BCUT2D eigenvalue weighted by molar-refractivity contribution is 9.10. The van der Waals surface area contributed by atoms with Crippen molar-refractivity contribution in [1.82, 2.24) is 9.66 Å². The van der Waals surface area contributed by atoms with Gasteiger partial charge in [0, 0.05) is 39.2 Å². The molecule has 0 saturated heterocycles. The highest BCUT2D eigenvalue weighted by atomic mass is 79.9. The molecule has 0 spiro atoms. The molecule has 1 aromatic heterocycles. The van der Waals surface area contributed by atoms with Gasteiger partial charge in [-0.25, -0.2) is 4.98 Å². The summed E-state index contributed by atoms with van der Waals surface area (Å²) in [4.78, 5) is 29.3. The second-order valence-corrected chi connectivity index (χ2v) is 10.9. The summed E-state index contributed by atoms with van der Waals surface area (Å²) in [5.41, 5.74) is 1.41. The maximum atomic E-state index is 13.7. The van der Waals surface area contributed by atoms with Gasteiger partial charge in [0.25, 0.3) is 11.2 Å². The number of fused-ring (bicyclic) bond motifs is 1. The molecule has 0 unspecified atom stereocenters. The van der Waals surface area contributed by atoms with E-state index in [1.165, 1.54) is 30.1 Å². The summed E-state index contributed by atoms with van der Waals surface area (Å²) in [6, 6.07) is 14.9. The lowest BCUT2D eigenvalue weighted by Gasteiger charge is -2.23. The number of hydrogen-bond acceptors (Lipinski definition) is 7. The van der Waals surface area contributed by atoms with Crippen molar-refractivity contribution < 1.29 is 14.4 Å². The zero-order chi connectivity index (χ0) is 28.2. The van der Waals surface area contributed by atoms with Gasteiger partial charge in [0.1, 0.15) is 12.4 Å². The number of aromatic nitrogens is 2. The molecule has 0 bridgehead atoms. The van der Waals surface area contributed by atoms with E-state index in [0.717, 1.165) is 36.6 Å². The Morgan fingerprint density at radius 1 is 1.18 bits per heavy atom. The first-order valence-corrected chi connectivity index (χ1v) is 14.0. The van der Waals surface area contributed by atoms with E-state index < -0.39 is 4.92 Å². The van der Waals surface area contributed by atoms with Crippen molar-refractivity contribution in [3.63, 3.8) is 0 Å². The number of non-ortho nitro benzene ring substituents is 1. The van der Waals surface area contributed by atoms with Gasteiger partial charge < -0.3 is 9.47 Å². The van der Waals surface area contributed by atoms with Crippen LogP contribution in [0.5, 0.6) is 11.5 Å². The number of hydrogen-bond donors (Lipinski definition) is 0. The molecule has 1 heterocycles. The normalized spacial score (nSPS) is 14.1. The van der Waals surface area contributed by atoms with Crippen molar-refractivity contribution >= 4 is 50.3 Å². The van der Waals surface area contributed by atoms with Gasteiger partial charge in [-0.05, 0) is 42.7 Å². The van der Waals surface area contributed by atoms with Crippen LogP contribution in [-0.2, 0) is 6.61 Å². The standard InChI is InChI=1S/C29H26BrClN4O5/c1-39-26-15-22(31)13-20(27(26)40-17-18-6-5-9-23(12-18)35(37)38)16-32-34-28(19-7-3-2-4-8-19)33-25-11-10-21(30)14-24(25)29(34)36/h5-6,9-16,19H,2-4,7-8,17H2,1H3. The van der Waals surface area contributed by atoms with E-state index in [1.54, 1.807) is 30.3 Å².